The van der Waals surface area contributed by atoms with Gasteiger partial charge < -0.3 is 18.9 Å². The molecule has 0 spiro atoms. The topological polar surface area (TPSA) is 78.4 Å². The Morgan fingerprint density at radius 2 is 1.35 bits per heavy atom. The van der Waals surface area contributed by atoms with Crippen molar-refractivity contribution in [1.29, 1.82) is 0 Å². The van der Waals surface area contributed by atoms with Crippen molar-refractivity contribution in [1.82, 2.24) is 5.43 Å². The highest BCUT2D eigenvalue weighted by molar-refractivity contribution is 6.30. The van der Waals surface area contributed by atoms with Gasteiger partial charge in [-0.05, 0) is 85.1 Å². The monoisotopic (exact) mass is 558 g/mol. The molecule has 8 heteroatoms. The second kappa shape index (κ2) is 14.6. The summed E-state index contributed by atoms with van der Waals surface area (Å²) in [7, 11) is 0. The predicted octanol–water partition coefficient (Wildman–Crippen LogP) is 7.06. The van der Waals surface area contributed by atoms with E-state index >= 15 is 0 Å². The standard InChI is InChI=1S/C32H31ClN2O5/c1-3-37-30-18-24(20-34-35-32(36)26-12-14-27(33)15-13-26)10-16-28(30)40-22-25-11-17-29(31(19-25)38-4-2)39-21-23-8-6-5-7-9-23/h5-20H,3-4,21-22H2,1-2H3,(H,35,36)/b34-20+. The van der Waals surface area contributed by atoms with Crippen molar-refractivity contribution in [3.05, 3.63) is 118 Å². The van der Waals surface area contributed by atoms with E-state index in [0.29, 0.717) is 60.0 Å². The highest BCUT2D eigenvalue weighted by Crippen LogP contribution is 2.32. The summed E-state index contributed by atoms with van der Waals surface area (Å²) >= 11 is 5.87. The smallest absolute Gasteiger partial charge is 0.271 e. The van der Waals surface area contributed by atoms with Crippen molar-refractivity contribution < 1.29 is 23.7 Å². The molecule has 0 saturated heterocycles. The third-order valence-corrected chi connectivity index (χ3v) is 5.95. The third kappa shape index (κ3) is 8.25. The minimum atomic E-state index is -0.333. The minimum absolute atomic E-state index is 0.309. The second-order valence-corrected chi connectivity index (χ2v) is 9.06. The van der Waals surface area contributed by atoms with Crippen LogP contribution in [0.3, 0.4) is 0 Å². The summed E-state index contributed by atoms with van der Waals surface area (Å²) < 4.78 is 23.7. The lowest BCUT2D eigenvalue weighted by molar-refractivity contribution is 0.0955. The number of hydrogen-bond donors (Lipinski definition) is 1. The van der Waals surface area contributed by atoms with Crippen molar-refractivity contribution in [2.24, 2.45) is 5.10 Å². The lowest BCUT2D eigenvalue weighted by Gasteiger charge is -2.15. The van der Waals surface area contributed by atoms with Gasteiger partial charge in [0.2, 0.25) is 0 Å². The van der Waals surface area contributed by atoms with Crippen molar-refractivity contribution in [3.63, 3.8) is 0 Å². The molecule has 0 saturated carbocycles. The summed E-state index contributed by atoms with van der Waals surface area (Å²) in [5, 5.41) is 4.62. The van der Waals surface area contributed by atoms with E-state index in [1.807, 2.05) is 80.6 Å². The molecule has 0 aliphatic carbocycles. The van der Waals surface area contributed by atoms with Gasteiger partial charge in [-0.2, -0.15) is 5.10 Å². The normalized spacial score (nSPS) is 10.8. The molecule has 7 nitrogen and oxygen atoms in total. The second-order valence-electron chi connectivity index (χ2n) is 8.62. The van der Waals surface area contributed by atoms with Crippen LogP contribution in [0.4, 0.5) is 0 Å². The summed E-state index contributed by atoms with van der Waals surface area (Å²) in [6.07, 6.45) is 1.54. The molecule has 0 fully saturated rings. The van der Waals surface area contributed by atoms with Gasteiger partial charge in [0.05, 0.1) is 19.4 Å². The van der Waals surface area contributed by atoms with Gasteiger partial charge in [-0.1, -0.05) is 48.0 Å². The Balaban J connectivity index is 1.39. The first-order chi connectivity index (χ1) is 19.6. The number of carbonyl (C=O) groups excluding carboxylic acids is 1. The van der Waals surface area contributed by atoms with Crippen LogP contribution in [0.5, 0.6) is 23.0 Å². The fourth-order valence-electron chi connectivity index (χ4n) is 3.75. The quantitative estimate of drug-likeness (QED) is 0.140. The van der Waals surface area contributed by atoms with Gasteiger partial charge in [-0.3, -0.25) is 4.79 Å². The minimum Gasteiger partial charge on any atom is -0.490 e. The van der Waals surface area contributed by atoms with E-state index in [-0.39, 0.29) is 5.91 Å². The molecule has 0 bridgehead atoms. The summed E-state index contributed by atoms with van der Waals surface area (Å²) in [5.74, 6) is 2.17. The molecule has 4 rings (SSSR count). The molecule has 0 aliphatic heterocycles. The van der Waals surface area contributed by atoms with Gasteiger partial charge in [0.25, 0.3) is 5.91 Å². The van der Waals surface area contributed by atoms with E-state index in [9.17, 15) is 4.79 Å². The average Bonchev–Trinajstić information content (AvgIpc) is 2.97. The van der Waals surface area contributed by atoms with Gasteiger partial charge >= 0.3 is 0 Å². The molecule has 0 radical (unpaired) electrons. The molecule has 4 aromatic carbocycles. The molecule has 0 atom stereocenters. The SMILES string of the molecule is CCOc1cc(/C=N/NC(=O)c2ccc(Cl)cc2)ccc1OCc1ccc(OCc2ccccc2)c(OCC)c1. The van der Waals surface area contributed by atoms with Gasteiger partial charge in [0.1, 0.15) is 13.2 Å². The number of rotatable bonds is 13. The van der Waals surface area contributed by atoms with E-state index in [2.05, 4.69) is 10.5 Å². The van der Waals surface area contributed by atoms with Crippen LogP contribution in [-0.4, -0.2) is 25.3 Å². The number of hydrogen-bond acceptors (Lipinski definition) is 6. The molecule has 0 unspecified atom stereocenters. The van der Waals surface area contributed by atoms with Crippen molar-refractivity contribution in [2.45, 2.75) is 27.1 Å². The highest BCUT2D eigenvalue weighted by Gasteiger charge is 2.11. The third-order valence-electron chi connectivity index (χ3n) is 5.69. The summed E-state index contributed by atoms with van der Waals surface area (Å²) in [5.41, 5.74) is 5.72. The lowest BCUT2D eigenvalue weighted by atomic mass is 10.2. The summed E-state index contributed by atoms with van der Waals surface area (Å²) in [4.78, 5) is 12.2. The van der Waals surface area contributed by atoms with Crippen LogP contribution in [0.2, 0.25) is 5.02 Å². The first-order valence-electron chi connectivity index (χ1n) is 13.0. The number of amides is 1. The Bertz CT molecular complexity index is 1430. The zero-order chi connectivity index (χ0) is 28.2. The van der Waals surface area contributed by atoms with Crippen LogP contribution in [0.15, 0.2) is 96.1 Å². The van der Waals surface area contributed by atoms with Crippen LogP contribution in [0.1, 0.15) is 40.9 Å². The predicted molar refractivity (Wildman–Crippen MR) is 157 cm³/mol. The van der Waals surface area contributed by atoms with E-state index in [1.54, 1.807) is 30.5 Å². The first-order valence-corrected chi connectivity index (χ1v) is 13.3. The number of benzene rings is 4. The molecular weight excluding hydrogens is 528 g/mol. The van der Waals surface area contributed by atoms with Gasteiger partial charge in [-0.15, -0.1) is 0 Å². The largest absolute Gasteiger partial charge is 0.490 e. The van der Waals surface area contributed by atoms with Crippen LogP contribution in [-0.2, 0) is 13.2 Å². The van der Waals surface area contributed by atoms with E-state index in [4.69, 9.17) is 30.5 Å². The van der Waals surface area contributed by atoms with Crippen molar-refractivity contribution in [3.8, 4) is 23.0 Å². The highest BCUT2D eigenvalue weighted by atomic mass is 35.5. The lowest BCUT2D eigenvalue weighted by Crippen LogP contribution is -2.17. The number of nitrogens with one attached hydrogen (secondary N) is 1. The Hall–Kier alpha value is -4.49. The summed E-state index contributed by atoms with van der Waals surface area (Å²) in [6, 6.07) is 27.8. The Kier molecular flexibility index (Phi) is 10.4. The van der Waals surface area contributed by atoms with E-state index in [1.165, 1.54) is 0 Å². The fraction of sp³-hybridized carbons (Fsp3) is 0.188. The van der Waals surface area contributed by atoms with Gasteiger partial charge in [-0.25, -0.2) is 5.43 Å². The molecule has 1 N–H and O–H groups in total. The van der Waals surface area contributed by atoms with Gasteiger partial charge in [0.15, 0.2) is 23.0 Å². The molecule has 4 aromatic rings. The molecule has 0 heterocycles. The van der Waals surface area contributed by atoms with Crippen LogP contribution >= 0.6 is 11.6 Å². The molecule has 1 amide bonds. The Morgan fingerprint density at radius 3 is 2.02 bits per heavy atom. The molecule has 0 aliphatic rings. The Morgan fingerprint density at radius 1 is 0.725 bits per heavy atom. The molecular formula is C32H31ClN2O5. The van der Waals surface area contributed by atoms with Gasteiger partial charge in [0, 0.05) is 10.6 Å². The van der Waals surface area contributed by atoms with Crippen LogP contribution in [0.25, 0.3) is 0 Å². The van der Waals surface area contributed by atoms with Crippen LogP contribution in [0, 0.1) is 0 Å². The summed E-state index contributed by atoms with van der Waals surface area (Å²) in [6.45, 7) is 5.58. The number of hydrazone groups is 1. The average molecular weight is 559 g/mol. The molecule has 0 aromatic heterocycles. The van der Waals surface area contributed by atoms with Crippen LogP contribution < -0.4 is 24.4 Å². The molecule has 206 valence electrons. The fourth-order valence-corrected chi connectivity index (χ4v) is 3.88. The number of nitrogens with zero attached hydrogens (tertiary/aromatic N) is 1. The van der Waals surface area contributed by atoms with Crippen molar-refractivity contribution >= 4 is 23.7 Å². The number of halogens is 1. The maximum atomic E-state index is 12.2. The zero-order valence-electron chi connectivity index (χ0n) is 22.4. The number of carbonyl (C=O) groups is 1. The zero-order valence-corrected chi connectivity index (χ0v) is 23.2. The number of ether oxygens (including phenoxy) is 4. The maximum Gasteiger partial charge on any atom is 0.271 e. The Labute approximate surface area is 239 Å². The first kappa shape index (κ1) is 28.5. The maximum absolute atomic E-state index is 12.2. The van der Waals surface area contributed by atoms with E-state index in [0.717, 1.165) is 16.7 Å². The van der Waals surface area contributed by atoms with E-state index < -0.39 is 0 Å². The molecule has 40 heavy (non-hydrogen) atoms. The van der Waals surface area contributed by atoms with Crippen molar-refractivity contribution in [2.75, 3.05) is 13.2 Å².